The number of hydrogen-bond donors (Lipinski definition) is 0. The van der Waals surface area contributed by atoms with Crippen LogP contribution >= 0.6 is 0 Å². The quantitative estimate of drug-likeness (QED) is 0.0946. The fourth-order valence-electron chi connectivity index (χ4n) is 5.90. The first-order valence-corrected chi connectivity index (χ1v) is 16.0. The standard InChI is InChI=1S/C27H50IO3/c1-4-9-22(12-8-19-30-25(10-5-2)11-6-3)23-15-17-26(18-16-23)31-27-14-7-13-24(20-27)28-21-29/h21-27H,4-20H2,1-3H3/q-1. The Hall–Kier alpha value is 0.320. The Morgan fingerprint density at radius 2 is 1.58 bits per heavy atom. The molecule has 184 valence electrons. The van der Waals surface area contributed by atoms with Gasteiger partial charge in [-0.3, -0.25) is 0 Å². The van der Waals surface area contributed by atoms with Gasteiger partial charge in [-0.15, -0.1) is 0 Å². The molecule has 0 radical (unpaired) electrons. The molecule has 0 aromatic carbocycles. The van der Waals surface area contributed by atoms with Gasteiger partial charge in [0.25, 0.3) is 0 Å². The van der Waals surface area contributed by atoms with Crippen LogP contribution in [0, 0.1) is 11.8 Å². The SMILES string of the molecule is CCCC(CCC)OCCCC(CCC)C1CCC(OC2CCCC([I-]C=O)C2)CC1. The van der Waals surface area contributed by atoms with Crippen molar-refractivity contribution in [3.8, 4) is 0 Å². The van der Waals surface area contributed by atoms with Crippen molar-refractivity contribution >= 4 is 4.29 Å². The van der Waals surface area contributed by atoms with Crippen molar-refractivity contribution in [2.24, 2.45) is 11.8 Å². The molecule has 0 amide bonds. The fourth-order valence-corrected chi connectivity index (χ4v) is 7.98. The average Bonchev–Trinajstić information content (AvgIpc) is 2.77. The molecule has 2 aliphatic carbocycles. The molecule has 0 heterocycles. The molecule has 0 aromatic heterocycles. The minimum atomic E-state index is -0.254. The third-order valence-electron chi connectivity index (χ3n) is 7.52. The zero-order chi connectivity index (χ0) is 22.3. The van der Waals surface area contributed by atoms with E-state index in [0.29, 0.717) is 22.2 Å². The predicted molar refractivity (Wildman–Crippen MR) is 127 cm³/mol. The van der Waals surface area contributed by atoms with Gasteiger partial charge in [0, 0.05) is 0 Å². The van der Waals surface area contributed by atoms with Gasteiger partial charge in [0.1, 0.15) is 0 Å². The Kier molecular flexibility index (Phi) is 15.0. The van der Waals surface area contributed by atoms with Gasteiger partial charge in [0.2, 0.25) is 0 Å². The van der Waals surface area contributed by atoms with E-state index in [1.165, 1.54) is 101 Å². The van der Waals surface area contributed by atoms with E-state index in [1.807, 2.05) is 0 Å². The average molecular weight is 550 g/mol. The second kappa shape index (κ2) is 16.9. The van der Waals surface area contributed by atoms with Crippen LogP contribution in [0.3, 0.4) is 0 Å². The van der Waals surface area contributed by atoms with Gasteiger partial charge >= 0.3 is 154 Å². The molecule has 3 unspecified atom stereocenters. The van der Waals surface area contributed by atoms with Gasteiger partial charge in [-0.1, -0.05) is 26.7 Å². The minimum absolute atomic E-state index is 0.254. The van der Waals surface area contributed by atoms with E-state index in [4.69, 9.17) is 9.47 Å². The summed E-state index contributed by atoms with van der Waals surface area (Å²) in [5.41, 5.74) is 0. The van der Waals surface area contributed by atoms with E-state index in [9.17, 15) is 4.79 Å². The van der Waals surface area contributed by atoms with Crippen molar-refractivity contribution in [2.75, 3.05) is 6.61 Å². The van der Waals surface area contributed by atoms with E-state index in [1.54, 1.807) is 0 Å². The zero-order valence-corrected chi connectivity index (χ0v) is 22.8. The molecule has 4 heteroatoms. The van der Waals surface area contributed by atoms with E-state index in [2.05, 4.69) is 20.8 Å². The normalized spacial score (nSPS) is 28.1. The molecule has 2 rings (SSSR count). The summed E-state index contributed by atoms with van der Waals surface area (Å²) in [5.74, 6) is 1.77. The molecule has 31 heavy (non-hydrogen) atoms. The Balaban J connectivity index is 1.68. The van der Waals surface area contributed by atoms with Crippen LogP contribution in [0.25, 0.3) is 0 Å². The monoisotopic (exact) mass is 549 g/mol. The predicted octanol–water partition coefficient (Wildman–Crippen LogP) is 4.33. The van der Waals surface area contributed by atoms with Gasteiger partial charge in [0.15, 0.2) is 0 Å². The topological polar surface area (TPSA) is 35.5 Å². The Morgan fingerprint density at radius 3 is 2.23 bits per heavy atom. The third kappa shape index (κ3) is 10.9. The number of carbonyl (C=O) groups is 1. The summed E-state index contributed by atoms with van der Waals surface area (Å²) in [6.07, 6.45) is 21.6. The molecule has 0 saturated heterocycles. The summed E-state index contributed by atoms with van der Waals surface area (Å²) >= 11 is -0.254. The summed E-state index contributed by atoms with van der Waals surface area (Å²) in [6, 6.07) is 0. The third-order valence-corrected chi connectivity index (χ3v) is 9.96. The number of ether oxygens (including phenoxy) is 2. The van der Waals surface area contributed by atoms with Crippen LogP contribution in [0.5, 0.6) is 0 Å². The van der Waals surface area contributed by atoms with Crippen molar-refractivity contribution in [3.05, 3.63) is 0 Å². The summed E-state index contributed by atoms with van der Waals surface area (Å²) < 4.78 is 14.7. The van der Waals surface area contributed by atoms with Crippen LogP contribution in [-0.2, 0) is 14.3 Å². The number of rotatable bonds is 16. The molecule has 0 bridgehead atoms. The van der Waals surface area contributed by atoms with Gasteiger partial charge in [-0.25, -0.2) is 0 Å². The van der Waals surface area contributed by atoms with Crippen LogP contribution < -0.4 is 21.2 Å². The van der Waals surface area contributed by atoms with Crippen LogP contribution in [0.4, 0.5) is 0 Å². The summed E-state index contributed by atoms with van der Waals surface area (Å²) in [7, 11) is 0. The molecule has 3 nitrogen and oxygen atoms in total. The molecular weight excluding hydrogens is 499 g/mol. The molecule has 2 saturated carbocycles. The van der Waals surface area contributed by atoms with Crippen LogP contribution in [-0.4, -0.2) is 33.1 Å². The van der Waals surface area contributed by atoms with Crippen LogP contribution in [0.15, 0.2) is 0 Å². The van der Waals surface area contributed by atoms with E-state index in [0.717, 1.165) is 24.9 Å². The van der Waals surface area contributed by atoms with Crippen molar-refractivity contribution in [1.82, 2.24) is 0 Å². The second-order valence-corrected chi connectivity index (χ2v) is 13.0. The maximum atomic E-state index is 10.9. The zero-order valence-electron chi connectivity index (χ0n) is 20.7. The van der Waals surface area contributed by atoms with Crippen molar-refractivity contribution < 1.29 is 35.5 Å². The first-order valence-electron chi connectivity index (χ1n) is 13.5. The molecular formula is C27H50IO3-. The second-order valence-electron chi connectivity index (χ2n) is 10.0. The molecule has 0 N–H and O–H groups in total. The molecule has 0 aliphatic heterocycles. The number of alkyl halides is 1. The van der Waals surface area contributed by atoms with E-state index >= 15 is 0 Å². The molecule has 0 aromatic rings. The first-order chi connectivity index (χ1) is 15.2. The molecule has 2 fully saturated rings. The number of hydrogen-bond acceptors (Lipinski definition) is 3. The van der Waals surface area contributed by atoms with Gasteiger partial charge < -0.3 is 4.74 Å². The Labute approximate surface area is 203 Å². The summed E-state index contributed by atoms with van der Waals surface area (Å²) in [6.45, 7) is 7.83. The van der Waals surface area contributed by atoms with Crippen molar-refractivity contribution in [2.45, 2.75) is 146 Å². The Bertz CT molecular complexity index is 444. The first kappa shape index (κ1) is 27.6. The van der Waals surface area contributed by atoms with Crippen LogP contribution in [0.1, 0.15) is 124 Å². The van der Waals surface area contributed by atoms with Gasteiger partial charge in [-0.2, -0.15) is 0 Å². The summed E-state index contributed by atoms with van der Waals surface area (Å²) in [4.78, 5) is 10.9. The number of carbonyl (C=O) groups excluding carboxylic acids is 1. The molecule has 0 spiro atoms. The molecule has 2 aliphatic rings. The molecule has 3 atom stereocenters. The maximum absolute atomic E-state index is 10.9. The van der Waals surface area contributed by atoms with Gasteiger partial charge in [0.05, 0.1) is 6.10 Å². The Morgan fingerprint density at radius 1 is 0.871 bits per heavy atom. The van der Waals surface area contributed by atoms with E-state index < -0.39 is 0 Å². The van der Waals surface area contributed by atoms with Gasteiger partial charge in [-0.05, 0) is 12.8 Å². The summed E-state index contributed by atoms with van der Waals surface area (Å²) in [5, 5.41) is 0. The fraction of sp³-hybridized carbons (Fsp3) is 0.963. The van der Waals surface area contributed by atoms with E-state index in [-0.39, 0.29) is 21.2 Å². The van der Waals surface area contributed by atoms with Crippen molar-refractivity contribution in [3.63, 3.8) is 0 Å². The number of halogens is 1. The van der Waals surface area contributed by atoms with Crippen LogP contribution in [0.2, 0.25) is 0 Å². The van der Waals surface area contributed by atoms with Crippen molar-refractivity contribution in [1.29, 1.82) is 0 Å².